The quantitative estimate of drug-likeness (QED) is 0.479. The number of sulfonamides is 1. The number of amides is 1. The highest BCUT2D eigenvalue weighted by atomic mass is 32.2. The van der Waals surface area contributed by atoms with Crippen molar-refractivity contribution in [3.05, 3.63) is 76.5 Å². The summed E-state index contributed by atoms with van der Waals surface area (Å²) >= 11 is 1.70. The van der Waals surface area contributed by atoms with Crippen molar-refractivity contribution >= 4 is 33.0 Å². The molecule has 34 heavy (non-hydrogen) atoms. The van der Waals surface area contributed by atoms with Crippen LogP contribution in [0.2, 0.25) is 0 Å². The number of hydrogen-bond acceptors (Lipinski definition) is 6. The van der Waals surface area contributed by atoms with Gasteiger partial charge in [-0.2, -0.15) is 0 Å². The van der Waals surface area contributed by atoms with Crippen molar-refractivity contribution < 1.29 is 17.9 Å². The van der Waals surface area contributed by atoms with Gasteiger partial charge in [-0.3, -0.25) is 14.0 Å². The summed E-state index contributed by atoms with van der Waals surface area (Å²) in [7, 11) is -0.835. The van der Waals surface area contributed by atoms with Gasteiger partial charge in [0.05, 0.1) is 23.7 Å². The maximum atomic E-state index is 13.1. The smallest absolute Gasteiger partial charge is 0.264 e. The normalized spacial score (nSPS) is 15.1. The van der Waals surface area contributed by atoms with Gasteiger partial charge in [-0.1, -0.05) is 18.2 Å². The molecule has 2 heterocycles. The molecule has 1 unspecified atom stereocenters. The number of para-hydroxylation sites is 2. The Bertz CT molecular complexity index is 1210. The van der Waals surface area contributed by atoms with Crippen LogP contribution < -0.4 is 14.4 Å². The number of nitrogens with zero attached hydrogens (tertiary/aromatic N) is 2. The molecule has 3 aromatic rings. The standard InChI is InChI=1S/C25H29N3O4S2/c1-27(21-8-3-4-9-23(21)32-2)34(30,31)20-13-11-19(12-14-20)25(29)26-18-22(24-10-7-17-33-24)28-15-5-6-16-28/h3-4,7-14,17,22H,5-6,15-16,18H2,1-2H3,(H,26,29). The lowest BCUT2D eigenvalue weighted by molar-refractivity contribution is 0.0938. The highest BCUT2D eigenvalue weighted by Crippen LogP contribution is 2.31. The van der Waals surface area contributed by atoms with Crippen LogP contribution in [0.3, 0.4) is 0 Å². The summed E-state index contributed by atoms with van der Waals surface area (Å²) in [5.41, 5.74) is 0.860. The van der Waals surface area contributed by atoms with Crippen LogP contribution in [-0.2, 0) is 10.0 Å². The number of likely N-dealkylation sites (tertiary alicyclic amines) is 1. The molecule has 1 amide bonds. The monoisotopic (exact) mass is 499 g/mol. The molecule has 0 aliphatic carbocycles. The number of hydrogen-bond donors (Lipinski definition) is 1. The zero-order valence-electron chi connectivity index (χ0n) is 19.3. The Morgan fingerprint density at radius 1 is 1.09 bits per heavy atom. The number of thiophene rings is 1. The van der Waals surface area contributed by atoms with E-state index in [2.05, 4.69) is 21.7 Å². The Hall–Kier alpha value is -2.88. The Morgan fingerprint density at radius 3 is 2.44 bits per heavy atom. The van der Waals surface area contributed by atoms with Crippen molar-refractivity contribution in [1.82, 2.24) is 10.2 Å². The molecule has 7 nitrogen and oxygen atoms in total. The molecule has 0 spiro atoms. The lowest BCUT2D eigenvalue weighted by Crippen LogP contribution is -2.36. The van der Waals surface area contributed by atoms with E-state index in [1.807, 2.05) is 6.07 Å². The molecule has 180 valence electrons. The molecule has 1 fully saturated rings. The third-order valence-electron chi connectivity index (χ3n) is 6.11. The van der Waals surface area contributed by atoms with Gasteiger partial charge >= 0.3 is 0 Å². The summed E-state index contributed by atoms with van der Waals surface area (Å²) in [5.74, 6) is 0.241. The molecule has 0 bridgehead atoms. The van der Waals surface area contributed by atoms with Crippen LogP contribution in [0.1, 0.15) is 34.1 Å². The van der Waals surface area contributed by atoms with Crippen molar-refractivity contribution in [2.24, 2.45) is 0 Å². The van der Waals surface area contributed by atoms with Gasteiger partial charge in [-0.25, -0.2) is 8.42 Å². The summed E-state index contributed by atoms with van der Waals surface area (Å²) < 4.78 is 32.8. The summed E-state index contributed by atoms with van der Waals surface area (Å²) in [5, 5.41) is 5.09. The van der Waals surface area contributed by atoms with E-state index in [1.54, 1.807) is 47.7 Å². The maximum Gasteiger partial charge on any atom is 0.264 e. The van der Waals surface area contributed by atoms with E-state index >= 15 is 0 Å². The molecule has 4 rings (SSSR count). The summed E-state index contributed by atoms with van der Waals surface area (Å²) in [6, 6.07) is 17.3. The molecule has 1 aliphatic heterocycles. The second-order valence-corrected chi connectivity index (χ2v) is 11.1. The fourth-order valence-electron chi connectivity index (χ4n) is 4.19. The average molecular weight is 500 g/mol. The van der Waals surface area contributed by atoms with Gasteiger partial charge in [-0.05, 0) is 73.8 Å². The zero-order valence-corrected chi connectivity index (χ0v) is 20.9. The number of nitrogens with one attached hydrogen (secondary N) is 1. The van der Waals surface area contributed by atoms with Crippen LogP contribution >= 0.6 is 11.3 Å². The molecule has 0 radical (unpaired) electrons. The van der Waals surface area contributed by atoms with E-state index in [0.717, 1.165) is 13.1 Å². The highest BCUT2D eigenvalue weighted by molar-refractivity contribution is 7.92. The second kappa shape index (κ2) is 10.6. The number of ether oxygens (including phenoxy) is 1. The number of benzene rings is 2. The molecular formula is C25H29N3O4S2. The Kier molecular flexibility index (Phi) is 7.55. The Labute approximate surface area is 205 Å². The number of anilines is 1. The molecule has 1 atom stereocenters. The minimum absolute atomic E-state index is 0.103. The molecule has 1 aromatic heterocycles. The molecule has 0 saturated carbocycles. The van der Waals surface area contributed by atoms with E-state index in [0.29, 0.717) is 23.5 Å². The largest absolute Gasteiger partial charge is 0.495 e. The SMILES string of the molecule is COc1ccccc1N(C)S(=O)(=O)c1ccc(C(=O)NCC(c2cccs2)N2CCCC2)cc1. The van der Waals surface area contributed by atoms with Crippen molar-refractivity contribution in [2.45, 2.75) is 23.8 Å². The van der Waals surface area contributed by atoms with E-state index in [1.165, 1.54) is 48.3 Å². The Morgan fingerprint density at radius 2 is 1.79 bits per heavy atom. The van der Waals surface area contributed by atoms with Crippen LogP contribution in [-0.4, -0.2) is 53.0 Å². The van der Waals surface area contributed by atoms with Crippen LogP contribution in [0.25, 0.3) is 0 Å². The fraction of sp³-hybridized carbons (Fsp3) is 0.320. The topological polar surface area (TPSA) is 78.9 Å². The minimum Gasteiger partial charge on any atom is -0.495 e. The summed E-state index contributed by atoms with van der Waals surface area (Å²) in [4.78, 5) is 16.6. The van der Waals surface area contributed by atoms with Gasteiger partial charge in [0.25, 0.3) is 15.9 Å². The van der Waals surface area contributed by atoms with Crippen molar-refractivity contribution in [3.63, 3.8) is 0 Å². The minimum atomic E-state index is -3.82. The lowest BCUT2D eigenvalue weighted by atomic mass is 10.2. The van der Waals surface area contributed by atoms with Crippen LogP contribution in [0.5, 0.6) is 5.75 Å². The van der Waals surface area contributed by atoms with E-state index in [4.69, 9.17) is 4.74 Å². The molecule has 1 saturated heterocycles. The number of carbonyl (C=O) groups is 1. The zero-order chi connectivity index (χ0) is 24.1. The van der Waals surface area contributed by atoms with Crippen LogP contribution in [0, 0.1) is 0 Å². The Balaban J connectivity index is 1.45. The van der Waals surface area contributed by atoms with Crippen LogP contribution in [0.15, 0.2) is 70.9 Å². The van der Waals surface area contributed by atoms with E-state index < -0.39 is 10.0 Å². The van der Waals surface area contributed by atoms with Gasteiger partial charge in [0.15, 0.2) is 0 Å². The van der Waals surface area contributed by atoms with Gasteiger partial charge in [0, 0.05) is 24.0 Å². The first kappa shape index (κ1) is 24.3. The number of methoxy groups -OCH3 is 1. The van der Waals surface area contributed by atoms with E-state index in [-0.39, 0.29) is 16.8 Å². The van der Waals surface area contributed by atoms with Crippen LogP contribution in [0.4, 0.5) is 5.69 Å². The average Bonchev–Trinajstić information content (AvgIpc) is 3.59. The first-order chi connectivity index (χ1) is 16.4. The van der Waals surface area contributed by atoms with Gasteiger partial charge in [0.2, 0.25) is 0 Å². The highest BCUT2D eigenvalue weighted by Gasteiger charge is 2.26. The second-order valence-electron chi connectivity index (χ2n) is 8.15. The number of rotatable bonds is 9. The molecule has 1 N–H and O–H groups in total. The van der Waals surface area contributed by atoms with E-state index in [9.17, 15) is 13.2 Å². The first-order valence-electron chi connectivity index (χ1n) is 11.2. The van der Waals surface area contributed by atoms with Crippen molar-refractivity contribution in [2.75, 3.05) is 38.1 Å². The van der Waals surface area contributed by atoms with Gasteiger partial charge in [0.1, 0.15) is 5.75 Å². The van der Waals surface area contributed by atoms with Crippen molar-refractivity contribution in [1.29, 1.82) is 0 Å². The van der Waals surface area contributed by atoms with Crippen molar-refractivity contribution in [3.8, 4) is 5.75 Å². The third kappa shape index (κ3) is 5.11. The third-order valence-corrected chi connectivity index (χ3v) is 8.87. The lowest BCUT2D eigenvalue weighted by Gasteiger charge is -2.27. The molecule has 2 aromatic carbocycles. The summed E-state index contributed by atoms with van der Waals surface area (Å²) in [6.45, 7) is 2.57. The predicted octanol–water partition coefficient (Wildman–Crippen LogP) is 4.15. The predicted molar refractivity (Wildman–Crippen MR) is 135 cm³/mol. The molecular weight excluding hydrogens is 470 g/mol. The number of carbonyl (C=O) groups excluding carboxylic acids is 1. The molecule has 9 heteroatoms. The first-order valence-corrected chi connectivity index (χ1v) is 13.5. The fourth-order valence-corrected chi connectivity index (χ4v) is 6.26. The van der Waals surface area contributed by atoms with Gasteiger partial charge in [-0.15, -0.1) is 11.3 Å². The molecule has 1 aliphatic rings. The maximum absolute atomic E-state index is 13.1. The van der Waals surface area contributed by atoms with Gasteiger partial charge < -0.3 is 10.1 Å². The summed E-state index contributed by atoms with van der Waals surface area (Å²) in [6.07, 6.45) is 2.35.